The first-order valence-electron chi connectivity index (χ1n) is 10.1. The number of nitrogens with zero attached hydrogens (tertiary/aromatic N) is 5. The zero-order valence-electron chi connectivity index (χ0n) is 17.6. The Hall–Kier alpha value is -4.21. The molecule has 3 heterocycles. The Kier molecular flexibility index (Phi) is 4.81. The Morgan fingerprint density at radius 3 is 2.91 bits per heavy atom. The number of carbonyl (C=O) groups is 2. The number of hydrogen-bond acceptors (Lipinski definition) is 6. The van der Waals surface area contributed by atoms with Crippen molar-refractivity contribution < 1.29 is 14.3 Å². The first-order chi connectivity index (χ1) is 15.5. The molecule has 0 spiro atoms. The van der Waals surface area contributed by atoms with Gasteiger partial charge in [0.2, 0.25) is 5.82 Å². The van der Waals surface area contributed by atoms with Crippen molar-refractivity contribution in [1.82, 2.24) is 30.0 Å². The molecule has 0 aliphatic carbocycles. The molecule has 4 aromatic rings. The number of H-pyrrole nitrogens is 1. The number of fused-ring (bicyclic) bond motifs is 2. The van der Waals surface area contributed by atoms with Crippen LogP contribution in [0.3, 0.4) is 0 Å². The lowest BCUT2D eigenvalue weighted by molar-refractivity contribution is -0.120. The number of aromatic amines is 1. The van der Waals surface area contributed by atoms with Gasteiger partial charge in [0.1, 0.15) is 30.5 Å². The molecule has 1 aliphatic rings. The van der Waals surface area contributed by atoms with Gasteiger partial charge in [0, 0.05) is 13.1 Å². The van der Waals surface area contributed by atoms with E-state index in [1.807, 2.05) is 43.3 Å². The fraction of sp³-hybridized carbons (Fsp3) is 0.227. The molecule has 10 nitrogen and oxygen atoms in total. The second-order valence-electron chi connectivity index (χ2n) is 7.64. The predicted octanol–water partition coefficient (Wildman–Crippen LogP) is 1.66. The molecule has 1 aliphatic heterocycles. The number of likely N-dealkylation sites (N-methyl/N-ethyl adjacent to an activating group) is 1. The van der Waals surface area contributed by atoms with E-state index < -0.39 is 11.9 Å². The fourth-order valence-electron chi connectivity index (χ4n) is 3.70. The second kappa shape index (κ2) is 7.80. The van der Waals surface area contributed by atoms with Crippen molar-refractivity contribution in [2.45, 2.75) is 19.5 Å². The molecule has 2 N–H and O–H groups in total. The number of anilines is 1. The van der Waals surface area contributed by atoms with Gasteiger partial charge in [0.25, 0.3) is 11.8 Å². The molecular weight excluding hydrogens is 410 g/mol. The summed E-state index contributed by atoms with van der Waals surface area (Å²) < 4.78 is 7.44. The van der Waals surface area contributed by atoms with Crippen molar-refractivity contribution in [3.63, 3.8) is 0 Å². The molecule has 0 radical (unpaired) electrons. The van der Waals surface area contributed by atoms with E-state index in [-0.39, 0.29) is 18.3 Å². The van der Waals surface area contributed by atoms with Crippen LogP contribution >= 0.6 is 0 Å². The normalized spacial score (nSPS) is 15.9. The highest BCUT2D eigenvalue weighted by molar-refractivity contribution is 6.03. The largest absolute Gasteiger partial charge is 0.489 e. The van der Waals surface area contributed by atoms with Gasteiger partial charge in [-0.15, -0.1) is 5.10 Å². The number of ether oxygens (including phenoxy) is 1. The highest BCUT2D eigenvalue weighted by Crippen LogP contribution is 2.34. The number of amides is 2. The highest BCUT2D eigenvalue weighted by atomic mass is 16.5. The van der Waals surface area contributed by atoms with E-state index in [1.54, 1.807) is 17.8 Å². The van der Waals surface area contributed by atoms with Crippen molar-refractivity contribution in [1.29, 1.82) is 0 Å². The summed E-state index contributed by atoms with van der Waals surface area (Å²) in [5.41, 5.74) is 3.20. The zero-order valence-corrected chi connectivity index (χ0v) is 17.6. The summed E-state index contributed by atoms with van der Waals surface area (Å²) in [6, 6.07) is 12.5. The third-order valence-corrected chi connectivity index (χ3v) is 5.31. The third kappa shape index (κ3) is 3.66. The number of aromatic nitrogens is 5. The van der Waals surface area contributed by atoms with E-state index in [9.17, 15) is 9.59 Å². The molecule has 0 fully saturated rings. The maximum Gasteiger partial charge on any atom is 0.291 e. The Labute approximate surface area is 183 Å². The number of hydrogen-bond donors (Lipinski definition) is 2. The molecule has 0 saturated heterocycles. The maximum atomic E-state index is 13.0. The SMILES string of the molecule is Cc1nc2cc3c(cc2[nH]1)N(C)C(=O)[C@@H](NC(=O)c1ncn(Cc2ccccc2)n1)CO3. The van der Waals surface area contributed by atoms with Crippen molar-refractivity contribution in [3.8, 4) is 5.75 Å². The minimum absolute atomic E-state index is 0.00821. The molecule has 10 heteroatoms. The lowest BCUT2D eigenvalue weighted by Gasteiger charge is -2.20. The van der Waals surface area contributed by atoms with Gasteiger partial charge in [-0.05, 0) is 18.6 Å². The quantitative estimate of drug-likeness (QED) is 0.507. The first-order valence-corrected chi connectivity index (χ1v) is 10.1. The number of imidazole rings is 1. The van der Waals surface area contributed by atoms with Gasteiger partial charge in [-0.2, -0.15) is 0 Å². The number of rotatable bonds is 4. The Balaban J connectivity index is 1.31. The van der Waals surface area contributed by atoms with Crippen LogP contribution < -0.4 is 15.0 Å². The van der Waals surface area contributed by atoms with Crippen LogP contribution in [0.4, 0.5) is 5.69 Å². The molecule has 2 aromatic heterocycles. The first kappa shape index (κ1) is 19.7. The Morgan fingerprint density at radius 2 is 2.09 bits per heavy atom. The average molecular weight is 431 g/mol. The monoisotopic (exact) mass is 431 g/mol. The molecule has 0 saturated carbocycles. The van der Waals surface area contributed by atoms with Gasteiger partial charge in [-0.25, -0.2) is 14.6 Å². The van der Waals surface area contributed by atoms with Crippen LogP contribution in [-0.2, 0) is 11.3 Å². The average Bonchev–Trinajstić information content (AvgIpc) is 3.38. The lowest BCUT2D eigenvalue weighted by Crippen LogP contribution is -2.49. The van der Waals surface area contributed by atoms with Crippen LogP contribution in [0.15, 0.2) is 48.8 Å². The number of benzene rings is 2. The number of carbonyl (C=O) groups excluding carboxylic acids is 2. The van der Waals surface area contributed by atoms with Crippen molar-refractivity contribution >= 4 is 28.5 Å². The minimum atomic E-state index is -0.881. The Bertz CT molecular complexity index is 1310. The molecule has 0 unspecified atom stereocenters. The molecule has 32 heavy (non-hydrogen) atoms. The summed E-state index contributed by atoms with van der Waals surface area (Å²) in [6.07, 6.45) is 1.49. The summed E-state index contributed by atoms with van der Waals surface area (Å²) >= 11 is 0. The summed E-state index contributed by atoms with van der Waals surface area (Å²) in [5.74, 6) is 0.463. The van der Waals surface area contributed by atoms with E-state index >= 15 is 0 Å². The van der Waals surface area contributed by atoms with Crippen LogP contribution in [0.2, 0.25) is 0 Å². The van der Waals surface area contributed by atoms with E-state index in [0.29, 0.717) is 18.0 Å². The summed E-state index contributed by atoms with van der Waals surface area (Å²) in [6.45, 7) is 2.34. The van der Waals surface area contributed by atoms with Gasteiger partial charge in [0.05, 0.1) is 23.3 Å². The minimum Gasteiger partial charge on any atom is -0.489 e. The van der Waals surface area contributed by atoms with Gasteiger partial charge < -0.3 is 19.9 Å². The second-order valence-corrected chi connectivity index (χ2v) is 7.64. The number of nitrogens with one attached hydrogen (secondary N) is 2. The molecule has 5 rings (SSSR count). The third-order valence-electron chi connectivity index (χ3n) is 5.31. The maximum absolute atomic E-state index is 13.0. The van der Waals surface area contributed by atoms with E-state index in [0.717, 1.165) is 22.4 Å². The van der Waals surface area contributed by atoms with Gasteiger partial charge in [-0.1, -0.05) is 30.3 Å². The van der Waals surface area contributed by atoms with Crippen LogP contribution in [0.25, 0.3) is 11.0 Å². The van der Waals surface area contributed by atoms with Gasteiger partial charge >= 0.3 is 0 Å². The van der Waals surface area contributed by atoms with E-state index in [1.165, 1.54) is 11.2 Å². The molecular formula is C22H21N7O3. The molecule has 0 bridgehead atoms. The predicted molar refractivity (Wildman–Crippen MR) is 117 cm³/mol. The van der Waals surface area contributed by atoms with Gasteiger partial charge in [0.15, 0.2) is 0 Å². The van der Waals surface area contributed by atoms with Crippen LogP contribution in [-0.4, -0.2) is 56.2 Å². The van der Waals surface area contributed by atoms with Crippen LogP contribution in [0.5, 0.6) is 5.75 Å². The summed E-state index contributed by atoms with van der Waals surface area (Å²) in [5, 5.41) is 6.93. The molecule has 2 amide bonds. The van der Waals surface area contributed by atoms with Crippen molar-refractivity contribution in [2.24, 2.45) is 0 Å². The topological polar surface area (TPSA) is 118 Å². The zero-order chi connectivity index (χ0) is 22.2. The standard InChI is InChI=1S/C22H21N7O3/c1-13-24-15-8-18-19(9-16(15)25-13)32-11-17(22(31)28(18)2)26-21(30)20-23-12-29(27-20)10-14-6-4-3-5-7-14/h3-9,12,17H,10-11H2,1-2H3,(H,24,25)(H,26,30)/t17-/m0/s1. The molecule has 2 aromatic carbocycles. The Morgan fingerprint density at radius 1 is 1.28 bits per heavy atom. The molecule has 162 valence electrons. The van der Waals surface area contributed by atoms with E-state index in [4.69, 9.17) is 4.74 Å². The van der Waals surface area contributed by atoms with Crippen LogP contribution in [0.1, 0.15) is 22.0 Å². The highest BCUT2D eigenvalue weighted by Gasteiger charge is 2.32. The smallest absolute Gasteiger partial charge is 0.291 e. The van der Waals surface area contributed by atoms with E-state index in [2.05, 4.69) is 25.4 Å². The van der Waals surface area contributed by atoms with Crippen molar-refractivity contribution in [3.05, 3.63) is 66.0 Å². The fourth-order valence-corrected chi connectivity index (χ4v) is 3.70. The van der Waals surface area contributed by atoms with Gasteiger partial charge in [-0.3, -0.25) is 9.59 Å². The molecule has 1 atom stereocenters. The van der Waals surface area contributed by atoms with Crippen LogP contribution in [0, 0.1) is 6.92 Å². The van der Waals surface area contributed by atoms with Crippen molar-refractivity contribution in [2.75, 3.05) is 18.6 Å². The lowest BCUT2D eigenvalue weighted by atomic mass is 10.2. The summed E-state index contributed by atoms with van der Waals surface area (Å²) in [7, 11) is 1.65. The number of aryl methyl sites for hydroxylation is 1. The summed E-state index contributed by atoms with van der Waals surface area (Å²) in [4.78, 5) is 38.9.